The van der Waals surface area contributed by atoms with Gasteiger partial charge < -0.3 is 4.57 Å². The van der Waals surface area contributed by atoms with Crippen molar-refractivity contribution >= 4 is 60.8 Å². The molecule has 0 fully saturated rings. The van der Waals surface area contributed by atoms with Crippen molar-refractivity contribution in [2.45, 2.75) is 29.2 Å². The average Bonchev–Trinajstić information content (AvgIpc) is 3.02. The van der Waals surface area contributed by atoms with E-state index in [1.54, 1.807) is 23.9 Å². The lowest BCUT2D eigenvalue weighted by Crippen LogP contribution is -2.16. The number of fused-ring (bicyclic) bond motifs is 1. The Labute approximate surface area is 188 Å². The van der Waals surface area contributed by atoms with E-state index >= 15 is 0 Å². The molecule has 0 aliphatic rings. The number of nitrogens with two attached hydrogens (primary N) is 1. The van der Waals surface area contributed by atoms with Crippen LogP contribution < -0.4 is 9.94 Å². The first-order valence-corrected chi connectivity index (χ1v) is 12.7. The van der Waals surface area contributed by atoms with Crippen molar-refractivity contribution in [3.05, 3.63) is 64.9 Å². The quantitative estimate of drug-likeness (QED) is 0.296. The Balaban J connectivity index is 1.74. The van der Waals surface area contributed by atoms with E-state index < -0.39 is 10.0 Å². The van der Waals surface area contributed by atoms with Gasteiger partial charge in [-0.2, -0.15) is 4.99 Å². The second-order valence-electron chi connectivity index (χ2n) is 6.37. The summed E-state index contributed by atoms with van der Waals surface area (Å²) in [6.45, 7) is 4.20. The summed E-state index contributed by atoms with van der Waals surface area (Å²) >= 11 is 8.79. The summed E-state index contributed by atoms with van der Waals surface area (Å²) < 4.78 is 25.7. The first-order valence-electron chi connectivity index (χ1n) is 9.01. The zero-order valence-electron chi connectivity index (χ0n) is 16.0. The smallest absolute Gasteiger partial charge is 0.248 e. The molecule has 1 heterocycles. The first kappa shape index (κ1) is 22.8. The molecule has 0 saturated heterocycles. The lowest BCUT2D eigenvalue weighted by Gasteiger charge is -2.02. The van der Waals surface area contributed by atoms with Crippen LogP contribution >= 0.6 is 34.7 Å². The normalized spacial score (nSPS) is 12.4. The van der Waals surface area contributed by atoms with Gasteiger partial charge in [-0.05, 0) is 54.6 Å². The summed E-state index contributed by atoms with van der Waals surface area (Å²) in [7, 11) is -3.80. The third kappa shape index (κ3) is 5.83. The number of aromatic nitrogens is 1. The van der Waals surface area contributed by atoms with Crippen LogP contribution in [-0.2, 0) is 21.4 Å². The predicted octanol–water partition coefficient (Wildman–Crippen LogP) is 4.19. The standard InChI is InChI=1S/C20H20ClN3O3S3/c1-2-11-24-17-10-9-16(30(22,26)27)13-18(17)29-20(24)23-19(25)4-3-12-28-15-7-5-14(21)6-8-15/h2,5-10,13H,1,3-4,11-12H2,(H2,22,26,27). The highest BCUT2D eigenvalue weighted by Gasteiger charge is 2.12. The molecule has 2 N–H and O–H groups in total. The van der Waals surface area contributed by atoms with E-state index in [-0.39, 0.29) is 10.8 Å². The summed E-state index contributed by atoms with van der Waals surface area (Å²) in [6.07, 6.45) is 2.72. The van der Waals surface area contributed by atoms with Gasteiger partial charge in [0.1, 0.15) is 0 Å². The number of primary sulfonamides is 1. The van der Waals surface area contributed by atoms with Crippen molar-refractivity contribution in [2.75, 3.05) is 5.75 Å². The van der Waals surface area contributed by atoms with E-state index in [0.29, 0.717) is 33.9 Å². The Kier molecular flexibility index (Phi) is 7.54. The van der Waals surface area contributed by atoms with Crippen LogP contribution in [0.25, 0.3) is 10.2 Å². The number of rotatable bonds is 8. The average molecular weight is 482 g/mol. The van der Waals surface area contributed by atoms with Crippen LogP contribution in [0.15, 0.2) is 69.9 Å². The molecule has 1 aromatic heterocycles. The number of hydrogen-bond acceptors (Lipinski definition) is 5. The molecule has 0 bridgehead atoms. The molecule has 0 radical (unpaired) electrons. The molecule has 0 unspecified atom stereocenters. The molecule has 10 heteroatoms. The van der Waals surface area contributed by atoms with Gasteiger partial charge in [0, 0.05) is 22.9 Å². The zero-order valence-corrected chi connectivity index (χ0v) is 19.2. The summed E-state index contributed by atoms with van der Waals surface area (Å²) in [5, 5.41) is 5.91. The van der Waals surface area contributed by atoms with Gasteiger partial charge in [-0.25, -0.2) is 13.6 Å². The van der Waals surface area contributed by atoms with Gasteiger partial charge in [0.2, 0.25) is 15.9 Å². The van der Waals surface area contributed by atoms with Gasteiger partial charge >= 0.3 is 0 Å². The predicted molar refractivity (Wildman–Crippen MR) is 123 cm³/mol. The van der Waals surface area contributed by atoms with Gasteiger partial charge in [0.25, 0.3) is 0 Å². The van der Waals surface area contributed by atoms with Crippen molar-refractivity contribution in [1.29, 1.82) is 0 Å². The zero-order chi connectivity index (χ0) is 21.7. The maximum atomic E-state index is 12.4. The molecule has 0 spiro atoms. The van der Waals surface area contributed by atoms with E-state index in [1.165, 1.54) is 23.5 Å². The molecule has 1 amide bonds. The number of hydrogen-bond donors (Lipinski definition) is 1. The Morgan fingerprint density at radius 2 is 2.00 bits per heavy atom. The number of carbonyl (C=O) groups is 1. The number of carbonyl (C=O) groups excluding carboxylic acids is 1. The molecule has 0 aliphatic heterocycles. The fourth-order valence-electron chi connectivity index (χ4n) is 2.73. The number of amides is 1. The number of benzene rings is 2. The van der Waals surface area contributed by atoms with Crippen LogP contribution in [-0.4, -0.2) is 24.6 Å². The fourth-order valence-corrected chi connectivity index (χ4v) is 5.42. The first-order chi connectivity index (χ1) is 14.3. The number of nitrogens with zero attached hydrogens (tertiary/aromatic N) is 2. The molecule has 6 nitrogen and oxygen atoms in total. The Hall–Kier alpha value is -1.91. The summed E-state index contributed by atoms with van der Waals surface area (Å²) in [5.41, 5.74) is 0.775. The lowest BCUT2D eigenvalue weighted by molar-refractivity contribution is -0.118. The van der Waals surface area contributed by atoms with Gasteiger partial charge in [-0.1, -0.05) is 29.0 Å². The minimum absolute atomic E-state index is 0.0269. The SMILES string of the molecule is C=CCn1c(=NC(=O)CCCSc2ccc(Cl)cc2)sc2cc(S(N)(=O)=O)ccc21. The minimum Gasteiger partial charge on any atom is -0.313 e. The fraction of sp³-hybridized carbons (Fsp3) is 0.200. The van der Waals surface area contributed by atoms with E-state index in [0.717, 1.165) is 16.2 Å². The van der Waals surface area contributed by atoms with Crippen LogP contribution in [0.2, 0.25) is 5.02 Å². The molecular weight excluding hydrogens is 462 g/mol. The van der Waals surface area contributed by atoms with Crippen LogP contribution in [0.4, 0.5) is 0 Å². The molecule has 3 aromatic rings. The number of sulfonamides is 1. The topological polar surface area (TPSA) is 94.5 Å². The van der Waals surface area contributed by atoms with Gasteiger partial charge in [0.15, 0.2) is 4.80 Å². The number of allylic oxidation sites excluding steroid dienone is 1. The van der Waals surface area contributed by atoms with Crippen molar-refractivity contribution in [2.24, 2.45) is 10.1 Å². The van der Waals surface area contributed by atoms with Crippen molar-refractivity contribution in [3.8, 4) is 0 Å². The van der Waals surface area contributed by atoms with Crippen LogP contribution in [0.3, 0.4) is 0 Å². The monoisotopic (exact) mass is 481 g/mol. The Morgan fingerprint density at radius 3 is 2.67 bits per heavy atom. The van der Waals surface area contributed by atoms with E-state index in [9.17, 15) is 13.2 Å². The summed E-state index contributed by atoms with van der Waals surface area (Å²) in [5.74, 6) is 0.572. The van der Waals surface area contributed by atoms with Gasteiger partial charge in [-0.15, -0.1) is 18.3 Å². The lowest BCUT2D eigenvalue weighted by atomic mass is 10.3. The molecule has 30 heavy (non-hydrogen) atoms. The van der Waals surface area contributed by atoms with Crippen molar-refractivity contribution in [3.63, 3.8) is 0 Å². The second kappa shape index (κ2) is 9.93. The third-order valence-electron chi connectivity index (χ3n) is 4.13. The number of thiazole rings is 1. The molecule has 0 aliphatic carbocycles. The molecular formula is C20H20ClN3O3S3. The maximum absolute atomic E-state index is 12.4. The Morgan fingerprint density at radius 1 is 1.27 bits per heavy atom. The number of thioether (sulfide) groups is 1. The molecule has 0 saturated carbocycles. The highest BCUT2D eigenvalue weighted by molar-refractivity contribution is 7.99. The van der Waals surface area contributed by atoms with E-state index in [1.807, 2.05) is 28.8 Å². The molecule has 2 aromatic carbocycles. The molecule has 0 atom stereocenters. The highest BCUT2D eigenvalue weighted by Crippen LogP contribution is 2.22. The summed E-state index contributed by atoms with van der Waals surface area (Å²) in [6, 6.07) is 12.2. The summed E-state index contributed by atoms with van der Waals surface area (Å²) in [4.78, 5) is 18.3. The minimum atomic E-state index is -3.80. The maximum Gasteiger partial charge on any atom is 0.248 e. The van der Waals surface area contributed by atoms with Gasteiger partial charge in [-0.3, -0.25) is 4.79 Å². The van der Waals surface area contributed by atoms with E-state index in [4.69, 9.17) is 16.7 Å². The Bertz CT molecular complexity index is 1250. The number of halogens is 1. The molecule has 158 valence electrons. The van der Waals surface area contributed by atoms with Crippen LogP contribution in [0.1, 0.15) is 12.8 Å². The van der Waals surface area contributed by atoms with Crippen molar-refractivity contribution in [1.82, 2.24) is 4.57 Å². The van der Waals surface area contributed by atoms with Crippen LogP contribution in [0.5, 0.6) is 0 Å². The highest BCUT2D eigenvalue weighted by atomic mass is 35.5. The third-order valence-corrected chi connectivity index (χ3v) is 7.43. The second-order valence-corrected chi connectivity index (χ2v) is 10.5. The molecule has 3 rings (SSSR count). The van der Waals surface area contributed by atoms with Gasteiger partial charge in [0.05, 0.1) is 15.1 Å². The van der Waals surface area contributed by atoms with E-state index in [2.05, 4.69) is 11.6 Å². The van der Waals surface area contributed by atoms with Crippen LogP contribution in [0, 0.1) is 0 Å². The van der Waals surface area contributed by atoms with Crippen molar-refractivity contribution < 1.29 is 13.2 Å². The largest absolute Gasteiger partial charge is 0.313 e.